The van der Waals surface area contributed by atoms with E-state index in [0.29, 0.717) is 25.3 Å². The molecular weight excluding hydrogens is 280 g/mol. The third-order valence-electron chi connectivity index (χ3n) is 3.95. The third-order valence-corrected chi connectivity index (χ3v) is 3.95. The summed E-state index contributed by atoms with van der Waals surface area (Å²) in [6.45, 7) is 2.69. The van der Waals surface area contributed by atoms with E-state index in [4.69, 9.17) is 0 Å². The summed E-state index contributed by atoms with van der Waals surface area (Å²) in [4.78, 5) is 21.6. The number of aromatic amines is 1. The van der Waals surface area contributed by atoms with Gasteiger partial charge in [-0.25, -0.2) is 4.98 Å². The van der Waals surface area contributed by atoms with Gasteiger partial charge in [0, 0.05) is 31.7 Å². The third kappa shape index (κ3) is 2.20. The minimum Gasteiger partial charge on any atom is -0.357 e. The van der Waals surface area contributed by atoms with Gasteiger partial charge in [-0.2, -0.15) is 5.10 Å². The number of H-pyrrole nitrogens is 1. The normalized spacial score (nSPS) is 14.1. The van der Waals surface area contributed by atoms with E-state index in [1.165, 1.54) is 0 Å². The molecule has 0 saturated carbocycles. The van der Waals surface area contributed by atoms with E-state index < -0.39 is 0 Å². The molecule has 7 nitrogen and oxygen atoms in total. The lowest BCUT2D eigenvalue weighted by atomic mass is 10.3. The molecule has 1 aliphatic rings. The van der Waals surface area contributed by atoms with Crippen molar-refractivity contribution in [3.05, 3.63) is 60.2 Å². The largest absolute Gasteiger partial charge is 0.357 e. The summed E-state index contributed by atoms with van der Waals surface area (Å²) in [6, 6.07) is 5.54. The molecular formula is C15H16N6O. The number of hydrogen-bond acceptors (Lipinski definition) is 3. The molecule has 0 radical (unpaired) electrons. The number of carbonyl (C=O) groups excluding carboxylic acids is 1. The number of amides is 1. The lowest BCUT2D eigenvalue weighted by Crippen LogP contribution is -2.39. The van der Waals surface area contributed by atoms with E-state index in [1.54, 1.807) is 18.5 Å². The zero-order chi connectivity index (χ0) is 14.9. The SMILES string of the molecule is O=C(c1ccc[nH]1)N1CCn2c(Cn3cccn3)cnc2C1. The van der Waals surface area contributed by atoms with Gasteiger partial charge in [0.15, 0.2) is 0 Å². The number of carbonyl (C=O) groups is 1. The predicted molar refractivity (Wildman–Crippen MR) is 79.1 cm³/mol. The number of nitrogens with zero attached hydrogens (tertiary/aromatic N) is 5. The molecule has 3 aromatic rings. The molecule has 112 valence electrons. The molecule has 7 heteroatoms. The van der Waals surface area contributed by atoms with Crippen LogP contribution in [0.1, 0.15) is 22.0 Å². The Morgan fingerprint density at radius 1 is 1.32 bits per heavy atom. The number of aromatic nitrogens is 5. The second kappa shape index (κ2) is 5.18. The predicted octanol–water partition coefficient (Wildman–Crippen LogP) is 1.11. The molecule has 0 atom stereocenters. The maximum atomic E-state index is 12.4. The minimum atomic E-state index is 0.0212. The molecule has 22 heavy (non-hydrogen) atoms. The van der Waals surface area contributed by atoms with Gasteiger partial charge in [0.05, 0.1) is 25.0 Å². The summed E-state index contributed by atoms with van der Waals surface area (Å²) < 4.78 is 4.06. The van der Waals surface area contributed by atoms with Crippen LogP contribution >= 0.6 is 0 Å². The molecule has 0 fully saturated rings. The second-order valence-corrected chi connectivity index (χ2v) is 5.33. The quantitative estimate of drug-likeness (QED) is 0.787. The van der Waals surface area contributed by atoms with Gasteiger partial charge < -0.3 is 14.5 Å². The zero-order valence-corrected chi connectivity index (χ0v) is 12.0. The molecule has 1 aliphatic heterocycles. The summed E-state index contributed by atoms with van der Waals surface area (Å²) in [5.74, 6) is 0.946. The van der Waals surface area contributed by atoms with Gasteiger partial charge in [-0.05, 0) is 18.2 Å². The van der Waals surface area contributed by atoms with Crippen molar-refractivity contribution in [2.24, 2.45) is 0 Å². The van der Waals surface area contributed by atoms with Crippen molar-refractivity contribution in [1.82, 2.24) is 29.2 Å². The van der Waals surface area contributed by atoms with Crippen molar-refractivity contribution in [2.45, 2.75) is 19.6 Å². The van der Waals surface area contributed by atoms with Gasteiger partial charge in [-0.3, -0.25) is 9.48 Å². The van der Waals surface area contributed by atoms with Crippen LogP contribution in [-0.4, -0.2) is 41.7 Å². The first-order chi connectivity index (χ1) is 10.8. The van der Waals surface area contributed by atoms with Crippen molar-refractivity contribution in [1.29, 1.82) is 0 Å². The van der Waals surface area contributed by atoms with Gasteiger partial charge >= 0.3 is 0 Å². The highest BCUT2D eigenvalue weighted by molar-refractivity contribution is 5.92. The fourth-order valence-electron chi connectivity index (χ4n) is 2.82. The van der Waals surface area contributed by atoms with Crippen LogP contribution < -0.4 is 0 Å². The maximum absolute atomic E-state index is 12.4. The summed E-state index contributed by atoms with van der Waals surface area (Å²) in [5.41, 5.74) is 1.74. The second-order valence-electron chi connectivity index (χ2n) is 5.33. The maximum Gasteiger partial charge on any atom is 0.270 e. The van der Waals surface area contributed by atoms with Crippen LogP contribution in [0.2, 0.25) is 0 Å². The van der Waals surface area contributed by atoms with E-state index >= 15 is 0 Å². The van der Waals surface area contributed by atoms with Crippen LogP contribution in [0, 0.1) is 0 Å². The lowest BCUT2D eigenvalue weighted by Gasteiger charge is -2.28. The molecule has 1 N–H and O–H groups in total. The number of rotatable bonds is 3. The lowest BCUT2D eigenvalue weighted by molar-refractivity contribution is 0.0701. The van der Waals surface area contributed by atoms with E-state index in [0.717, 1.165) is 18.1 Å². The molecule has 0 spiro atoms. The number of hydrogen-bond donors (Lipinski definition) is 1. The Morgan fingerprint density at radius 2 is 2.27 bits per heavy atom. The number of nitrogens with one attached hydrogen (secondary N) is 1. The van der Waals surface area contributed by atoms with Gasteiger partial charge in [0.2, 0.25) is 0 Å². The molecule has 4 heterocycles. The van der Waals surface area contributed by atoms with Crippen LogP contribution in [0.15, 0.2) is 43.0 Å². The first-order valence-corrected chi connectivity index (χ1v) is 7.24. The molecule has 4 rings (SSSR count). The monoisotopic (exact) mass is 296 g/mol. The Morgan fingerprint density at radius 3 is 3.05 bits per heavy atom. The van der Waals surface area contributed by atoms with Crippen LogP contribution in [0.25, 0.3) is 0 Å². The first kappa shape index (κ1) is 12.9. The molecule has 1 amide bonds. The zero-order valence-electron chi connectivity index (χ0n) is 12.0. The van der Waals surface area contributed by atoms with Crippen LogP contribution in [0.3, 0.4) is 0 Å². The highest BCUT2D eigenvalue weighted by Gasteiger charge is 2.24. The molecule has 0 aromatic carbocycles. The fourth-order valence-corrected chi connectivity index (χ4v) is 2.82. The molecule has 0 bridgehead atoms. The Balaban J connectivity index is 1.53. The fraction of sp³-hybridized carbons (Fsp3) is 0.267. The summed E-state index contributed by atoms with van der Waals surface area (Å²) >= 11 is 0. The summed E-state index contributed by atoms with van der Waals surface area (Å²) in [7, 11) is 0. The van der Waals surface area contributed by atoms with E-state index in [2.05, 4.69) is 19.6 Å². The topological polar surface area (TPSA) is 71.7 Å². The molecule has 0 saturated heterocycles. The van der Waals surface area contributed by atoms with Crippen molar-refractivity contribution in [3.63, 3.8) is 0 Å². The molecule has 0 unspecified atom stereocenters. The average Bonchev–Trinajstić information content (AvgIpc) is 3.29. The average molecular weight is 296 g/mol. The highest BCUT2D eigenvalue weighted by atomic mass is 16.2. The summed E-state index contributed by atoms with van der Waals surface area (Å²) in [6.07, 6.45) is 7.34. The van der Waals surface area contributed by atoms with Crippen molar-refractivity contribution in [3.8, 4) is 0 Å². The van der Waals surface area contributed by atoms with Crippen molar-refractivity contribution < 1.29 is 4.79 Å². The first-order valence-electron chi connectivity index (χ1n) is 7.24. The Hall–Kier alpha value is -2.83. The Labute approximate surface area is 127 Å². The van der Waals surface area contributed by atoms with Gasteiger partial charge in [-0.15, -0.1) is 0 Å². The van der Waals surface area contributed by atoms with Crippen LogP contribution in [-0.2, 0) is 19.6 Å². The van der Waals surface area contributed by atoms with Gasteiger partial charge in [0.1, 0.15) is 11.5 Å². The van der Waals surface area contributed by atoms with Gasteiger partial charge in [0.25, 0.3) is 5.91 Å². The minimum absolute atomic E-state index is 0.0212. The van der Waals surface area contributed by atoms with Gasteiger partial charge in [-0.1, -0.05) is 0 Å². The van der Waals surface area contributed by atoms with E-state index in [-0.39, 0.29) is 5.91 Å². The summed E-state index contributed by atoms with van der Waals surface area (Å²) in [5, 5.41) is 4.22. The van der Waals surface area contributed by atoms with Crippen LogP contribution in [0.4, 0.5) is 0 Å². The van der Waals surface area contributed by atoms with E-state index in [9.17, 15) is 4.79 Å². The smallest absolute Gasteiger partial charge is 0.270 e. The number of imidazole rings is 1. The van der Waals surface area contributed by atoms with Crippen LogP contribution in [0.5, 0.6) is 0 Å². The Kier molecular flexibility index (Phi) is 3.03. The van der Waals surface area contributed by atoms with Crippen molar-refractivity contribution in [2.75, 3.05) is 6.54 Å². The van der Waals surface area contributed by atoms with Crippen molar-refractivity contribution >= 4 is 5.91 Å². The van der Waals surface area contributed by atoms with E-state index in [1.807, 2.05) is 34.1 Å². The molecule has 3 aromatic heterocycles. The Bertz CT molecular complexity index is 771. The highest BCUT2D eigenvalue weighted by Crippen LogP contribution is 2.17. The standard InChI is InChI=1S/C15H16N6O/c22-15(13-3-1-4-16-13)19-7-8-21-12(9-17-14(21)11-19)10-20-6-2-5-18-20/h1-6,9,16H,7-8,10-11H2. The molecule has 0 aliphatic carbocycles. The number of fused-ring (bicyclic) bond motifs is 1.